The smallest absolute Gasteiger partial charge is 0.286 e. The zero-order chi connectivity index (χ0) is 24.6. The Morgan fingerprint density at radius 2 is 1.49 bits per heavy atom. The Hall–Kier alpha value is -4.17. The molecule has 0 amide bonds. The number of anilines is 1. The van der Waals surface area contributed by atoms with Crippen molar-refractivity contribution >= 4 is 21.5 Å². The van der Waals surface area contributed by atoms with E-state index in [4.69, 9.17) is 0 Å². The Balaban J connectivity index is 1.73. The van der Waals surface area contributed by atoms with Gasteiger partial charge in [0.15, 0.2) is 5.84 Å². The number of sulfonamides is 1. The molecule has 0 bridgehead atoms. The van der Waals surface area contributed by atoms with Crippen molar-refractivity contribution in [3.05, 3.63) is 123 Å². The van der Waals surface area contributed by atoms with Gasteiger partial charge >= 0.3 is 0 Å². The molecule has 176 valence electrons. The number of nitrogens with zero attached hydrogens (tertiary/aromatic N) is 2. The molecule has 35 heavy (non-hydrogen) atoms. The van der Waals surface area contributed by atoms with E-state index in [9.17, 15) is 18.3 Å². The predicted octanol–water partition coefficient (Wildman–Crippen LogP) is 4.06. The Bertz CT molecular complexity index is 1610. The summed E-state index contributed by atoms with van der Waals surface area (Å²) in [4.78, 5) is 13.7. The predicted molar refractivity (Wildman–Crippen MR) is 136 cm³/mol. The molecule has 0 fully saturated rings. The summed E-state index contributed by atoms with van der Waals surface area (Å²) in [5, 5.41) is 14.3. The van der Waals surface area contributed by atoms with Crippen molar-refractivity contribution in [2.45, 2.75) is 24.8 Å². The van der Waals surface area contributed by atoms with Gasteiger partial charge in [-0.25, -0.2) is 0 Å². The zero-order valence-electron chi connectivity index (χ0n) is 19.0. The summed E-state index contributed by atoms with van der Waals surface area (Å²) in [7, 11) is -4.06. The Labute approximate surface area is 203 Å². The van der Waals surface area contributed by atoms with Crippen molar-refractivity contribution in [2.75, 3.05) is 5.32 Å². The van der Waals surface area contributed by atoms with Crippen LogP contribution in [0.5, 0.6) is 5.75 Å². The highest BCUT2D eigenvalue weighted by Gasteiger charge is 2.30. The van der Waals surface area contributed by atoms with Gasteiger partial charge in [0.2, 0.25) is 0 Å². The van der Waals surface area contributed by atoms with Gasteiger partial charge in [-0.05, 0) is 30.2 Å². The highest BCUT2D eigenvalue weighted by Crippen LogP contribution is 2.32. The number of hydrogen-bond donors (Lipinski definition) is 2. The summed E-state index contributed by atoms with van der Waals surface area (Å²) in [6.45, 7) is 2.05. The molecule has 1 aromatic heterocycles. The maximum absolute atomic E-state index is 13.7. The van der Waals surface area contributed by atoms with Gasteiger partial charge in [0.05, 0.1) is 12.2 Å². The van der Waals surface area contributed by atoms with E-state index in [1.807, 2.05) is 60.7 Å². The first-order valence-corrected chi connectivity index (χ1v) is 12.5. The molecule has 2 heterocycles. The molecule has 0 radical (unpaired) electrons. The number of para-hydroxylation sites is 1. The van der Waals surface area contributed by atoms with Gasteiger partial charge in [0.1, 0.15) is 16.2 Å². The number of aromatic hydroxyl groups is 1. The van der Waals surface area contributed by atoms with Crippen LogP contribution in [0.3, 0.4) is 0 Å². The fraction of sp³-hybridized carbons (Fsp3) is 0.111. The van der Waals surface area contributed by atoms with Crippen LogP contribution in [-0.4, -0.2) is 23.9 Å². The summed E-state index contributed by atoms with van der Waals surface area (Å²) in [6.07, 6.45) is 0.358. The summed E-state index contributed by atoms with van der Waals surface area (Å²) in [5.74, 6) is -0.469. The summed E-state index contributed by atoms with van der Waals surface area (Å²) < 4.78 is 31.2. The van der Waals surface area contributed by atoms with E-state index in [2.05, 4.69) is 9.71 Å². The zero-order valence-corrected chi connectivity index (χ0v) is 19.8. The Morgan fingerprint density at radius 1 is 0.886 bits per heavy atom. The van der Waals surface area contributed by atoms with Crippen molar-refractivity contribution in [1.82, 2.24) is 4.57 Å². The van der Waals surface area contributed by atoms with E-state index in [0.717, 1.165) is 11.1 Å². The normalized spacial score (nSPS) is 14.0. The van der Waals surface area contributed by atoms with Gasteiger partial charge in [-0.3, -0.25) is 4.79 Å². The van der Waals surface area contributed by atoms with Crippen LogP contribution in [0.2, 0.25) is 0 Å². The highest BCUT2D eigenvalue weighted by molar-refractivity contribution is 7.90. The molecule has 0 saturated carbocycles. The third-order valence-corrected chi connectivity index (χ3v) is 7.43. The second-order valence-electron chi connectivity index (χ2n) is 8.36. The second-order valence-corrected chi connectivity index (χ2v) is 9.94. The topological polar surface area (TPSA) is 101 Å². The number of hydrogen-bond acceptors (Lipinski definition) is 5. The molecule has 0 unspecified atom stereocenters. The lowest BCUT2D eigenvalue weighted by atomic mass is 9.99. The molecule has 1 aliphatic heterocycles. The molecular weight excluding hydrogens is 462 g/mol. The fourth-order valence-electron chi connectivity index (χ4n) is 4.28. The van der Waals surface area contributed by atoms with Gasteiger partial charge in [0.25, 0.3) is 15.6 Å². The molecule has 8 heteroatoms. The summed E-state index contributed by atoms with van der Waals surface area (Å²) in [5.41, 5.74) is 2.58. The largest absolute Gasteiger partial charge is 0.507 e. The quantitative estimate of drug-likeness (QED) is 0.444. The van der Waals surface area contributed by atoms with Crippen LogP contribution in [0.4, 0.5) is 5.69 Å². The van der Waals surface area contributed by atoms with Crippen LogP contribution in [0.1, 0.15) is 27.9 Å². The number of nitrogens with one attached hydrogen (secondary N) is 1. The number of benzene rings is 3. The van der Waals surface area contributed by atoms with E-state index >= 15 is 0 Å². The van der Waals surface area contributed by atoms with E-state index < -0.39 is 15.6 Å². The monoisotopic (exact) mass is 485 g/mol. The SMILES string of the molecule is Cc1c(Cc2ccccc2)c(O)c(C2=NS(=O)(=O)c3ccccc3N2)c(=O)n1Cc1ccccc1. The highest BCUT2D eigenvalue weighted by atomic mass is 32.2. The van der Waals surface area contributed by atoms with Crippen LogP contribution in [0, 0.1) is 6.92 Å². The van der Waals surface area contributed by atoms with Crippen molar-refractivity contribution in [2.24, 2.45) is 4.40 Å². The summed E-state index contributed by atoms with van der Waals surface area (Å²) >= 11 is 0. The van der Waals surface area contributed by atoms with Crippen LogP contribution < -0.4 is 10.9 Å². The second kappa shape index (κ2) is 8.88. The Kier molecular flexibility index (Phi) is 5.74. The lowest BCUT2D eigenvalue weighted by Gasteiger charge is -2.22. The maximum Gasteiger partial charge on any atom is 0.286 e. The molecule has 7 nitrogen and oxygen atoms in total. The minimum Gasteiger partial charge on any atom is -0.507 e. The molecule has 4 aromatic rings. The minimum atomic E-state index is -4.06. The van der Waals surface area contributed by atoms with Crippen LogP contribution in [0.25, 0.3) is 0 Å². The van der Waals surface area contributed by atoms with E-state index in [0.29, 0.717) is 23.4 Å². The average Bonchev–Trinajstić information content (AvgIpc) is 2.85. The molecule has 0 saturated heterocycles. The summed E-state index contributed by atoms with van der Waals surface area (Å²) in [6, 6.07) is 25.4. The molecule has 0 spiro atoms. The van der Waals surface area contributed by atoms with Crippen LogP contribution in [0.15, 0.2) is 99.0 Å². The third-order valence-electron chi connectivity index (χ3n) is 6.10. The molecule has 0 atom stereocenters. The first kappa shape index (κ1) is 22.6. The van der Waals surface area contributed by atoms with E-state index in [1.165, 1.54) is 6.07 Å². The molecule has 1 aliphatic rings. The number of pyridine rings is 1. The van der Waals surface area contributed by atoms with Gasteiger partial charge in [-0.2, -0.15) is 8.42 Å². The van der Waals surface area contributed by atoms with Crippen molar-refractivity contribution in [3.8, 4) is 5.75 Å². The maximum atomic E-state index is 13.7. The lowest BCUT2D eigenvalue weighted by Crippen LogP contribution is -2.34. The van der Waals surface area contributed by atoms with Gasteiger partial charge < -0.3 is 15.0 Å². The number of rotatable bonds is 5. The third kappa shape index (κ3) is 4.24. The Morgan fingerprint density at radius 3 is 2.17 bits per heavy atom. The minimum absolute atomic E-state index is 0.0180. The van der Waals surface area contributed by atoms with E-state index in [1.54, 1.807) is 29.7 Å². The van der Waals surface area contributed by atoms with Crippen molar-refractivity contribution in [1.29, 1.82) is 0 Å². The van der Waals surface area contributed by atoms with Crippen molar-refractivity contribution < 1.29 is 13.5 Å². The molecule has 2 N–H and O–H groups in total. The number of amidine groups is 1. The number of aromatic nitrogens is 1. The average molecular weight is 486 g/mol. The van der Waals surface area contributed by atoms with Crippen LogP contribution in [-0.2, 0) is 23.0 Å². The molecule has 5 rings (SSSR count). The van der Waals surface area contributed by atoms with Gasteiger partial charge in [0, 0.05) is 17.7 Å². The van der Waals surface area contributed by atoms with Gasteiger partial charge in [-0.1, -0.05) is 72.8 Å². The lowest BCUT2D eigenvalue weighted by molar-refractivity contribution is 0.461. The van der Waals surface area contributed by atoms with Gasteiger partial charge in [-0.15, -0.1) is 4.40 Å². The first-order valence-electron chi connectivity index (χ1n) is 11.1. The molecular formula is C27H23N3O4S. The first-order chi connectivity index (χ1) is 16.8. The fourth-order valence-corrected chi connectivity index (χ4v) is 5.40. The molecule has 0 aliphatic carbocycles. The standard InChI is InChI=1S/C27H23N3O4S/c1-18-21(16-19-10-4-2-5-11-19)25(31)24(27(32)30(18)17-20-12-6-3-7-13-20)26-28-22-14-8-9-15-23(22)35(33,34)29-26/h2-15,31H,16-17H2,1H3,(H,28,29). The van der Waals surface area contributed by atoms with Crippen LogP contribution >= 0.6 is 0 Å². The number of fused-ring (bicyclic) bond motifs is 1. The molecule has 3 aromatic carbocycles. The van der Waals surface area contributed by atoms with E-state index in [-0.39, 0.29) is 28.6 Å². The van der Waals surface area contributed by atoms with Crippen molar-refractivity contribution in [3.63, 3.8) is 0 Å².